The molecule has 19 heavy (non-hydrogen) atoms. The predicted molar refractivity (Wildman–Crippen MR) is 72.2 cm³/mol. The van der Waals surface area contributed by atoms with Gasteiger partial charge in [-0.3, -0.25) is 0 Å². The Morgan fingerprint density at radius 1 is 1.47 bits per heavy atom. The number of carboxylic acid groups (broad SMARTS) is 1. The van der Waals surface area contributed by atoms with E-state index in [1.165, 1.54) is 0 Å². The van der Waals surface area contributed by atoms with Crippen LogP contribution in [-0.4, -0.2) is 29.7 Å². The van der Waals surface area contributed by atoms with E-state index in [1.807, 2.05) is 30.3 Å². The summed E-state index contributed by atoms with van der Waals surface area (Å²) in [5.41, 5.74) is 0.894. The number of rotatable bonds is 4. The summed E-state index contributed by atoms with van der Waals surface area (Å²) in [6.07, 6.45) is 0.323. The van der Waals surface area contributed by atoms with Crippen molar-refractivity contribution < 1.29 is 9.90 Å². The van der Waals surface area contributed by atoms with Crippen LogP contribution in [0.4, 0.5) is 5.82 Å². The summed E-state index contributed by atoms with van der Waals surface area (Å²) < 4.78 is 0. The molecule has 96 valence electrons. The molecular formula is C14H13N3O2. The molecule has 0 aliphatic heterocycles. The number of hydrogen-bond donors (Lipinski definition) is 1. The molecule has 1 N–H and O–H groups in total. The molecule has 0 fully saturated rings. The van der Waals surface area contributed by atoms with Gasteiger partial charge in [0, 0.05) is 19.0 Å². The lowest BCUT2D eigenvalue weighted by Crippen LogP contribution is -2.22. The fourth-order valence-corrected chi connectivity index (χ4v) is 1.88. The second-order valence-electron chi connectivity index (χ2n) is 4.19. The molecule has 0 radical (unpaired) electrons. The smallest absolute Gasteiger partial charge is 0.339 e. The highest BCUT2D eigenvalue weighted by molar-refractivity contribution is 5.98. The fraction of sp³-hybridized carbons (Fsp3) is 0.214. The van der Waals surface area contributed by atoms with E-state index >= 15 is 0 Å². The van der Waals surface area contributed by atoms with E-state index in [2.05, 4.69) is 4.98 Å². The molecular weight excluding hydrogens is 242 g/mol. The highest BCUT2D eigenvalue weighted by Crippen LogP contribution is 2.23. The van der Waals surface area contributed by atoms with Crippen molar-refractivity contribution >= 4 is 22.7 Å². The third kappa shape index (κ3) is 2.63. The molecule has 0 unspecified atom stereocenters. The molecule has 0 aliphatic carbocycles. The number of benzene rings is 1. The quantitative estimate of drug-likeness (QED) is 0.906. The predicted octanol–water partition coefficient (Wildman–Crippen LogP) is 2.28. The van der Waals surface area contributed by atoms with Gasteiger partial charge in [0.25, 0.3) is 0 Å². The van der Waals surface area contributed by atoms with E-state index in [1.54, 1.807) is 18.0 Å². The van der Waals surface area contributed by atoms with Crippen molar-refractivity contribution in [3.8, 4) is 6.07 Å². The number of carboxylic acids is 1. The molecule has 1 aromatic heterocycles. The number of aromatic nitrogens is 1. The molecule has 0 amide bonds. The van der Waals surface area contributed by atoms with E-state index < -0.39 is 5.97 Å². The molecule has 5 heteroatoms. The van der Waals surface area contributed by atoms with Crippen LogP contribution < -0.4 is 4.90 Å². The average molecular weight is 255 g/mol. The van der Waals surface area contributed by atoms with E-state index in [4.69, 9.17) is 5.26 Å². The Balaban J connectivity index is 2.54. The van der Waals surface area contributed by atoms with Crippen molar-refractivity contribution in [1.82, 2.24) is 4.98 Å². The summed E-state index contributed by atoms with van der Waals surface area (Å²) in [5.74, 6) is -0.626. The fourth-order valence-electron chi connectivity index (χ4n) is 1.88. The van der Waals surface area contributed by atoms with Crippen LogP contribution >= 0.6 is 0 Å². The third-order valence-electron chi connectivity index (χ3n) is 2.85. The maximum absolute atomic E-state index is 11.3. The SMILES string of the molecule is CN(CCC#N)c1nc2ccccc2cc1C(=O)O. The van der Waals surface area contributed by atoms with Gasteiger partial charge in [0.15, 0.2) is 0 Å². The van der Waals surface area contributed by atoms with Crippen molar-refractivity contribution in [2.24, 2.45) is 0 Å². The molecule has 0 saturated heterocycles. The van der Waals surface area contributed by atoms with Crippen LogP contribution in [-0.2, 0) is 0 Å². The molecule has 5 nitrogen and oxygen atoms in total. The van der Waals surface area contributed by atoms with Crippen molar-refractivity contribution in [3.63, 3.8) is 0 Å². The maximum Gasteiger partial charge on any atom is 0.339 e. The topological polar surface area (TPSA) is 77.2 Å². The summed E-state index contributed by atoms with van der Waals surface area (Å²) in [4.78, 5) is 17.4. The van der Waals surface area contributed by atoms with Gasteiger partial charge >= 0.3 is 5.97 Å². The monoisotopic (exact) mass is 255 g/mol. The number of pyridine rings is 1. The Hall–Kier alpha value is -2.61. The number of para-hydroxylation sites is 1. The van der Waals surface area contributed by atoms with Gasteiger partial charge in [-0.05, 0) is 12.1 Å². The first-order valence-corrected chi connectivity index (χ1v) is 5.84. The Kier molecular flexibility index (Phi) is 3.62. The van der Waals surface area contributed by atoms with Crippen molar-refractivity contribution in [2.75, 3.05) is 18.5 Å². The zero-order chi connectivity index (χ0) is 13.8. The zero-order valence-electron chi connectivity index (χ0n) is 10.5. The molecule has 0 aliphatic rings. The minimum Gasteiger partial charge on any atom is -0.478 e. The van der Waals surface area contributed by atoms with Crippen molar-refractivity contribution in [1.29, 1.82) is 5.26 Å². The number of nitriles is 1. The average Bonchev–Trinajstić information content (AvgIpc) is 2.43. The van der Waals surface area contributed by atoms with Crippen LogP contribution in [0.5, 0.6) is 0 Å². The molecule has 0 bridgehead atoms. The summed E-state index contributed by atoms with van der Waals surface area (Å²) in [6, 6.07) is 11.0. The van der Waals surface area contributed by atoms with E-state index in [9.17, 15) is 9.90 Å². The molecule has 0 atom stereocenters. The number of hydrogen-bond acceptors (Lipinski definition) is 4. The molecule has 1 heterocycles. The highest BCUT2D eigenvalue weighted by Gasteiger charge is 2.16. The van der Waals surface area contributed by atoms with Crippen LogP contribution in [0, 0.1) is 11.3 Å². The highest BCUT2D eigenvalue weighted by atomic mass is 16.4. The molecule has 2 aromatic rings. The number of anilines is 1. The summed E-state index contributed by atoms with van der Waals surface area (Å²) in [5, 5.41) is 18.7. The van der Waals surface area contributed by atoms with Crippen LogP contribution in [0.15, 0.2) is 30.3 Å². The summed E-state index contributed by atoms with van der Waals surface area (Å²) in [6.45, 7) is 0.447. The Bertz CT molecular complexity index is 661. The lowest BCUT2D eigenvalue weighted by Gasteiger charge is -2.19. The largest absolute Gasteiger partial charge is 0.478 e. The van der Waals surface area contributed by atoms with Crippen molar-refractivity contribution in [3.05, 3.63) is 35.9 Å². The van der Waals surface area contributed by atoms with Crippen LogP contribution in [0.3, 0.4) is 0 Å². The van der Waals surface area contributed by atoms with Gasteiger partial charge < -0.3 is 10.0 Å². The second kappa shape index (κ2) is 5.36. The van der Waals surface area contributed by atoms with Crippen LogP contribution in [0.25, 0.3) is 10.9 Å². The third-order valence-corrected chi connectivity index (χ3v) is 2.85. The Morgan fingerprint density at radius 2 is 2.21 bits per heavy atom. The number of fused-ring (bicyclic) bond motifs is 1. The maximum atomic E-state index is 11.3. The van der Waals surface area contributed by atoms with Crippen LogP contribution in [0.2, 0.25) is 0 Å². The van der Waals surface area contributed by atoms with Crippen molar-refractivity contribution in [2.45, 2.75) is 6.42 Å². The minimum atomic E-state index is -1.02. The summed E-state index contributed by atoms with van der Waals surface area (Å²) >= 11 is 0. The first kappa shape index (κ1) is 12.8. The van der Waals surface area contributed by atoms with E-state index in [0.717, 1.165) is 10.9 Å². The molecule has 2 rings (SSSR count). The lowest BCUT2D eigenvalue weighted by atomic mass is 10.1. The van der Waals surface area contributed by atoms with Gasteiger partial charge in [-0.15, -0.1) is 0 Å². The minimum absolute atomic E-state index is 0.152. The normalized spacial score (nSPS) is 10.1. The van der Waals surface area contributed by atoms with E-state index in [0.29, 0.717) is 18.8 Å². The number of carbonyl (C=O) groups is 1. The molecule has 1 aromatic carbocycles. The van der Waals surface area contributed by atoms with Gasteiger partial charge in [-0.2, -0.15) is 5.26 Å². The van der Waals surface area contributed by atoms with Gasteiger partial charge in [0.1, 0.15) is 11.4 Å². The summed E-state index contributed by atoms with van der Waals surface area (Å²) in [7, 11) is 1.74. The van der Waals surface area contributed by atoms with Gasteiger partial charge in [-0.25, -0.2) is 9.78 Å². The van der Waals surface area contributed by atoms with Gasteiger partial charge in [0.2, 0.25) is 0 Å². The Labute approximate surface area is 110 Å². The van der Waals surface area contributed by atoms with Gasteiger partial charge in [0.05, 0.1) is 18.0 Å². The zero-order valence-corrected chi connectivity index (χ0v) is 10.5. The van der Waals surface area contributed by atoms with Crippen LogP contribution in [0.1, 0.15) is 16.8 Å². The first-order chi connectivity index (χ1) is 9.13. The lowest BCUT2D eigenvalue weighted by molar-refractivity contribution is 0.0697. The molecule has 0 saturated carbocycles. The molecule has 0 spiro atoms. The second-order valence-corrected chi connectivity index (χ2v) is 4.19. The number of nitrogens with zero attached hydrogens (tertiary/aromatic N) is 3. The number of aromatic carboxylic acids is 1. The van der Waals surface area contributed by atoms with E-state index in [-0.39, 0.29) is 5.56 Å². The standard InChI is InChI=1S/C14H13N3O2/c1-17(8-4-7-15)13-11(14(18)19)9-10-5-2-3-6-12(10)16-13/h2-3,5-6,9H,4,8H2,1H3,(H,18,19). The first-order valence-electron chi connectivity index (χ1n) is 5.84. The van der Waals surface area contributed by atoms with Gasteiger partial charge in [-0.1, -0.05) is 18.2 Å². The Morgan fingerprint density at radius 3 is 2.89 bits per heavy atom.